The van der Waals surface area contributed by atoms with Crippen molar-refractivity contribution in [2.45, 2.75) is 0 Å². The van der Waals surface area contributed by atoms with Crippen molar-refractivity contribution in [1.82, 2.24) is 0 Å². The van der Waals surface area contributed by atoms with Crippen LogP contribution in [0.2, 0.25) is 10.2 Å². The number of ether oxygens (including phenoxy) is 1. The number of halogens is 2. The van der Waals surface area contributed by atoms with Gasteiger partial charge in [-0.15, -0.1) is 0 Å². The summed E-state index contributed by atoms with van der Waals surface area (Å²) in [6.07, 6.45) is 1.35. The zero-order chi connectivity index (χ0) is 12.4. The van der Waals surface area contributed by atoms with Crippen LogP contribution in [0.25, 0.3) is 0 Å². The molecule has 3 nitrogen and oxygen atoms in total. The average Bonchev–Trinajstić information content (AvgIpc) is 2.74. The van der Waals surface area contributed by atoms with Crippen molar-refractivity contribution < 1.29 is 13.9 Å². The maximum Gasteiger partial charge on any atom is 0.204 e. The Bertz CT molecular complexity index is 561. The van der Waals surface area contributed by atoms with Crippen molar-refractivity contribution >= 4 is 29.0 Å². The second-order valence-corrected chi connectivity index (χ2v) is 4.06. The van der Waals surface area contributed by atoms with Gasteiger partial charge in [0.2, 0.25) is 11.0 Å². The van der Waals surface area contributed by atoms with E-state index in [-0.39, 0.29) is 16.6 Å². The Hall–Kier alpha value is -1.45. The van der Waals surface area contributed by atoms with Crippen LogP contribution < -0.4 is 4.74 Å². The van der Waals surface area contributed by atoms with Gasteiger partial charge in [-0.25, -0.2) is 0 Å². The molecular weight excluding hydrogens is 263 g/mol. The lowest BCUT2D eigenvalue weighted by atomic mass is 10.1. The highest BCUT2D eigenvalue weighted by molar-refractivity contribution is 6.34. The fourth-order valence-electron chi connectivity index (χ4n) is 1.46. The number of carbonyl (C=O) groups excluding carboxylic acids is 1. The standard InChI is InChI=1S/C12H8Cl2O3/c1-16-10-3-2-7(13)6-9(10)11(15)8-4-5-17-12(8)14/h2-6H,1H3. The summed E-state index contributed by atoms with van der Waals surface area (Å²) < 4.78 is 9.99. The molecule has 0 N–H and O–H groups in total. The molecule has 0 bridgehead atoms. The summed E-state index contributed by atoms with van der Waals surface area (Å²) in [5.74, 6) is 0.153. The third-order valence-electron chi connectivity index (χ3n) is 2.27. The van der Waals surface area contributed by atoms with E-state index in [1.54, 1.807) is 12.1 Å². The molecule has 0 atom stereocenters. The van der Waals surface area contributed by atoms with Gasteiger partial charge in [0.25, 0.3) is 0 Å². The van der Waals surface area contributed by atoms with Crippen molar-refractivity contribution in [2.75, 3.05) is 7.11 Å². The first kappa shape index (κ1) is 12.0. The van der Waals surface area contributed by atoms with Gasteiger partial charge < -0.3 is 9.15 Å². The second-order valence-electron chi connectivity index (χ2n) is 3.28. The van der Waals surface area contributed by atoms with E-state index in [1.165, 1.54) is 25.5 Å². The van der Waals surface area contributed by atoms with E-state index in [0.29, 0.717) is 16.3 Å². The van der Waals surface area contributed by atoms with Gasteiger partial charge in [0, 0.05) is 5.02 Å². The lowest BCUT2D eigenvalue weighted by molar-refractivity contribution is 0.103. The minimum atomic E-state index is -0.289. The quantitative estimate of drug-likeness (QED) is 0.796. The fourth-order valence-corrected chi connectivity index (χ4v) is 1.83. The van der Waals surface area contributed by atoms with Crippen LogP contribution in [0, 0.1) is 0 Å². The third-order valence-corrected chi connectivity index (χ3v) is 2.80. The Balaban J connectivity index is 2.50. The van der Waals surface area contributed by atoms with Gasteiger partial charge in [-0.3, -0.25) is 4.79 Å². The lowest BCUT2D eigenvalue weighted by Crippen LogP contribution is -2.03. The number of rotatable bonds is 3. The highest BCUT2D eigenvalue weighted by Gasteiger charge is 2.19. The van der Waals surface area contributed by atoms with Crippen LogP contribution in [0.1, 0.15) is 15.9 Å². The molecule has 0 aliphatic rings. The smallest absolute Gasteiger partial charge is 0.204 e. The summed E-state index contributed by atoms with van der Waals surface area (Å²) in [5, 5.41) is 0.505. The molecule has 0 saturated carbocycles. The Kier molecular flexibility index (Phi) is 3.41. The predicted octanol–water partition coefficient (Wildman–Crippen LogP) is 3.83. The van der Waals surface area contributed by atoms with Crippen LogP contribution in [-0.4, -0.2) is 12.9 Å². The molecule has 17 heavy (non-hydrogen) atoms. The zero-order valence-electron chi connectivity index (χ0n) is 8.87. The molecule has 0 aliphatic heterocycles. The van der Waals surface area contributed by atoms with E-state index >= 15 is 0 Å². The van der Waals surface area contributed by atoms with E-state index < -0.39 is 0 Å². The highest BCUT2D eigenvalue weighted by atomic mass is 35.5. The SMILES string of the molecule is COc1ccc(Cl)cc1C(=O)c1ccoc1Cl. The van der Waals surface area contributed by atoms with Crippen molar-refractivity contribution in [1.29, 1.82) is 0 Å². The zero-order valence-corrected chi connectivity index (χ0v) is 10.4. The highest BCUT2D eigenvalue weighted by Crippen LogP contribution is 2.28. The molecule has 0 amide bonds. The van der Waals surface area contributed by atoms with Gasteiger partial charge in [-0.2, -0.15) is 0 Å². The fraction of sp³-hybridized carbons (Fsp3) is 0.0833. The van der Waals surface area contributed by atoms with Gasteiger partial charge in [0.1, 0.15) is 5.75 Å². The number of methoxy groups -OCH3 is 1. The summed E-state index contributed by atoms with van der Waals surface area (Å²) in [7, 11) is 1.48. The number of ketones is 1. The van der Waals surface area contributed by atoms with Crippen molar-refractivity contribution in [3.63, 3.8) is 0 Å². The number of benzene rings is 1. The Morgan fingerprint density at radius 1 is 1.24 bits per heavy atom. The van der Waals surface area contributed by atoms with Crippen molar-refractivity contribution in [2.24, 2.45) is 0 Å². The Labute approximate surface area is 108 Å². The van der Waals surface area contributed by atoms with Crippen molar-refractivity contribution in [3.05, 3.63) is 51.9 Å². The first-order chi connectivity index (χ1) is 8.13. The molecule has 0 aliphatic carbocycles. The summed E-state index contributed by atoms with van der Waals surface area (Å²) >= 11 is 11.6. The number of carbonyl (C=O) groups is 1. The van der Waals surface area contributed by atoms with E-state index in [1.807, 2.05) is 0 Å². The van der Waals surface area contributed by atoms with E-state index in [0.717, 1.165) is 0 Å². The van der Waals surface area contributed by atoms with Gasteiger partial charge >= 0.3 is 0 Å². The molecule has 1 aromatic heterocycles. The van der Waals surface area contributed by atoms with Crippen LogP contribution in [0.15, 0.2) is 34.9 Å². The summed E-state index contributed by atoms with van der Waals surface area (Å²) in [6.45, 7) is 0. The third kappa shape index (κ3) is 2.30. The normalized spacial score (nSPS) is 10.3. The molecule has 5 heteroatoms. The van der Waals surface area contributed by atoms with Gasteiger partial charge in [-0.1, -0.05) is 11.6 Å². The molecule has 2 rings (SSSR count). The van der Waals surface area contributed by atoms with Gasteiger partial charge in [0.05, 0.1) is 24.5 Å². The Morgan fingerprint density at radius 3 is 2.59 bits per heavy atom. The monoisotopic (exact) mass is 270 g/mol. The minimum Gasteiger partial charge on any atom is -0.496 e. The average molecular weight is 271 g/mol. The van der Waals surface area contributed by atoms with E-state index in [9.17, 15) is 4.79 Å². The van der Waals surface area contributed by atoms with Crippen LogP contribution >= 0.6 is 23.2 Å². The maximum absolute atomic E-state index is 12.2. The second kappa shape index (κ2) is 4.82. The minimum absolute atomic E-state index is 0.0528. The topological polar surface area (TPSA) is 39.4 Å². The maximum atomic E-state index is 12.2. The van der Waals surface area contributed by atoms with Gasteiger partial charge in [-0.05, 0) is 35.9 Å². The summed E-state index contributed by atoms with van der Waals surface area (Å²) in [6, 6.07) is 6.31. The first-order valence-corrected chi connectivity index (χ1v) is 5.50. The number of hydrogen-bond donors (Lipinski definition) is 0. The van der Waals surface area contributed by atoms with Crippen molar-refractivity contribution in [3.8, 4) is 5.75 Å². The molecule has 88 valence electrons. The molecule has 0 spiro atoms. The number of hydrogen-bond acceptors (Lipinski definition) is 3. The first-order valence-electron chi connectivity index (χ1n) is 4.74. The van der Waals surface area contributed by atoms with E-state index in [2.05, 4.69) is 0 Å². The molecular formula is C12H8Cl2O3. The molecule has 0 saturated heterocycles. The van der Waals surface area contributed by atoms with Gasteiger partial charge in [0.15, 0.2) is 0 Å². The molecule has 0 radical (unpaired) electrons. The molecule has 2 aromatic rings. The van der Waals surface area contributed by atoms with Crippen LogP contribution in [0.5, 0.6) is 5.75 Å². The Morgan fingerprint density at radius 2 is 2.00 bits per heavy atom. The molecule has 0 fully saturated rings. The summed E-state index contributed by atoms with van der Waals surface area (Å²) in [4.78, 5) is 12.2. The molecule has 1 heterocycles. The van der Waals surface area contributed by atoms with Crippen LogP contribution in [0.3, 0.4) is 0 Å². The van der Waals surface area contributed by atoms with E-state index in [4.69, 9.17) is 32.4 Å². The number of furan rings is 1. The van der Waals surface area contributed by atoms with Crippen LogP contribution in [-0.2, 0) is 0 Å². The molecule has 1 aromatic carbocycles. The van der Waals surface area contributed by atoms with Crippen LogP contribution in [0.4, 0.5) is 0 Å². The largest absolute Gasteiger partial charge is 0.496 e. The molecule has 0 unspecified atom stereocenters. The predicted molar refractivity (Wildman–Crippen MR) is 65.2 cm³/mol. The lowest BCUT2D eigenvalue weighted by Gasteiger charge is -2.07. The summed E-state index contributed by atoms with van der Waals surface area (Å²) in [5.41, 5.74) is 0.635.